The molecular weight excluding hydrogens is 334 g/mol. The molecule has 4 nitrogen and oxygen atoms in total. The lowest BCUT2D eigenvalue weighted by Crippen LogP contribution is -2.44. The number of hydrogen-bond donors (Lipinski definition) is 1. The van der Waals surface area contributed by atoms with E-state index >= 15 is 0 Å². The molecule has 0 saturated heterocycles. The van der Waals surface area contributed by atoms with Crippen molar-refractivity contribution in [1.82, 2.24) is 4.98 Å². The van der Waals surface area contributed by atoms with Gasteiger partial charge in [-0.3, -0.25) is 9.78 Å². The zero-order valence-electron chi connectivity index (χ0n) is 11.3. The van der Waals surface area contributed by atoms with Crippen LogP contribution in [-0.4, -0.2) is 22.7 Å². The van der Waals surface area contributed by atoms with E-state index in [1.165, 1.54) is 0 Å². The maximum atomic E-state index is 11.8. The fraction of sp³-hybridized carbons (Fsp3) is 0.250. The van der Waals surface area contributed by atoms with Crippen molar-refractivity contribution < 1.29 is 14.6 Å². The summed E-state index contributed by atoms with van der Waals surface area (Å²) in [5.74, 6) is -0.0696. The Morgan fingerprint density at radius 1 is 1.33 bits per heavy atom. The van der Waals surface area contributed by atoms with E-state index in [1.807, 2.05) is 36.4 Å². The number of para-hydroxylation sites is 1. The highest BCUT2D eigenvalue weighted by molar-refractivity contribution is 9.10. The molecule has 0 radical (unpaired) electrons. The molecule has 0 fully saturated rings. The van der Waals surface area contributed by atoms with E-state index in [0.29, 0.717) is 12.8 Å². The molecule has 2 aromatic rings. The molecule has 1 unspecified atom stereocenters. The van der Waals surface area contributed by atoms with Crippen molar-refractivity contribution in [3.8, 4) is 5.75 Å². The summed E-state index contributed by atoms with van der Waals surface area (Å²) in [4.78, 5) is 16.1. The van der Waals surface area contributed by atoms with Crippen molar-refractivity contribution in [3.63, 3.8) is 0 Å². The monoisotopic (exact) mass is 347 g/mol. The predicted octanol–water partition coefficient (Wildman–Crippen LogP) is 3.09. The third-order valence-electron chi connectivity index (χ3n) is 3.77. The number of aromatic nitrogens is 1. The largest absolute Gasteiger partial charge is 0.492 e. The van der Waals surface area contributed by atoms with Crippen LogP contribution in [0.4, 0.5) is 0 Å². The maximum Gasteiger partial charge on any atom is 0.313 e. The molecule has 1 aromatic carbocycles. The lowest BCUT2D eigenvalue weighted by Gasteiger charge is -2.34. The highest BCUT2D eigenvalue weighted by Gasteiger charge is 2.43. The molecule has 1 aromatic heterocycles. The van der Waals surface area contributed by atoms with Gasteiger partial charge >= 0.3 is 5.97 Å². The van der Waals surface area contributed by atoms with Gasteiger partial charge in [-0.1, -0.05) is 18.2 Å². The second kappa shape index (κ2) is 5.48. The van der Waals surface area contributed by atoms with Gasteiger partial charge in [-0.25, -0.2) is 0 Å². The molecular formula is C16H14BrNO3. The number of rotatable bonds is 3. The van der Waals surface area contributed by atoms with Gasteiger partial charge in [0.25, 0.3) is 0 Å². The minimum atomic E-state index is -0.963. The Labute approximate surface area is 130 Å². The SMILES string of the molecule is O=C(O)C1(Cc2ccc(Br)cn2)COc2ccccc2C1. The summed E-state index contributed by atoms with van der Waals surface area (Å²) in [6, 6.07) is 11.3. The third kappa shape index (κ3) is 2.78. The number of aliphatic carboxylic acids is 1. The molecule has 0 amide bonds. The molecule has 0 spiro atoms. The van der Waals surface area contributed by atoms with Gasteiger partial charge in [0.2, 0.25) is 0 Å². The number of carboxylic acids is 1. The van der Waals surface area contributed by atoms with Crippen molar-refractivity contribution in [2.24, 2.45) is 5.41 Å². The standard InChI is InChI=1S/C16H14BrNO3/c17-12-5-6-13(18-9-12)8-16(15(19)20)7-11-3-1-2-4-14(11)21-10-16/h1-6,9H,7-8,10H2,(H,19,20). The van der Waals surface area contributed by atoms with Gasteiger partial charge in [0, 0.05) is 22.8 Å². The molecule has 1 aliphatic rings. The topological polar surface area (TPSA) is 59.4 Å². The number of carboxylic acid groups (broad SMARTS) is 1. The van der Waals surface area contributed by atoms with Gasteiger partial charge in [0.05, 0.1) is 0 Å². The summed E-state index contributed by atoms with van der Waals surface area (Å²) < 4.78 is 6.55. The molecule has 2 heterocycles. The quantitative estimate of drug-likeness (QED) is 0.926. The number of pyridine rings is 1. The predicted molar refractivity (Wildman–Crippen MR) is 81.4 cm³/mol. The van der Waals surface area contributed by atoms with Crippen molar-refractivity contribution in [1.29, 1.82) is 0 Å². The lowest BCUT2D eigenvalue weighted by molar-refractivity contribution is -0.151. The minimum absolute atomic E-state index is 0.164. The smallest absolute Gasteiger partial charge is 0.313 e. The molecule has 0 saturated carbocycles. The molecule has 21 heavy (non-hydrogen) atoms. The summed E-state index contributed by atoms with van der Waals surface area (Å²) in [7, 11) is 0. The molecule has 5 heteroatoms. The Balaban J connectivity index is 1.91. The molecule has 0 aliphatic carbocycles. The van der Waals surface area contributed by atoms with Crippen LogP contribution in [0.3, 0.4) is 0 Å². The Morgan fingerprint density at radius 2 is 2.14 bits per heavy atom. The zero-order chi connectivity index (χ0) is 14.9. The number of ether oxygens (including phenoxy) is 1. The Hall–Kier alpha value is -1.88. The van der Waals surface area contributed by atoms with Crippen LogP contribution < -0.4 is 4.74 Å². The van der Waals surface area contributed by atoms with Crippen molar-refractivity contribution >= 4 is 21.9 Å². The molecule has 3 rings (SSSR count). The number of carbonyl (C=O) groups is 1. The lowest BCUT2D eigenvalue weighted by atomic mass is 9.76. The van der Waals surface area contributed by atoms with Crippen LogP contribution in [0, 0.1) is 5.41 Å². The van der Waals surface area contributed by atoms with Crippen LogP contribution in [0.15, 0.2) is 47.1 Å². The van der Waals surface area contributed by atoms with E-state index < -0.39 is 11.4 Å². The molecule has 108 valence electrons. The maximum absolute atomic E-state index is 11.8. The fourth-order valence-corrected chi connectivity index (χ4v) is 2.84. The number of halogens is 1. The molecule has 0 bridgehead atoms. The van der Waals surface area contributed by atoms with E-state index in [1.54, 1.807) is 6.20 Å². The number of fused-ring (bicyclic) bond motifs is 1. The van der Waals surface area contributed by atoms with Gasteiger partial charge in [0.15, 0.2) is 0 Å². The van der Waals surface area contributed by atoms with Crippen LogP contribution >= 0.6 is 15.9 Å². The summed E-state index contributed by atoms with van der Waals surface area (Å²) in [6.45, 7) is 0.164. The van der Waals surface area contributed by atoms with E-state index in [-0.39, 0.29) is 6.61 Å². The first-order valence-electron chi connectivity index (χ1n) is 6.64. The molecule has 1 aliphatic heterocycles. The van der Waals surface area contributed by atoms with Gasteiger partial charge in [-0.2, -0.15) is 0 Å². The third-order valence-corrected chi connectivity index (χ3v) is 4.24. The summed E-state index contributed by atoms with van der Waals surface area (Å²) in [5.41, 5.74) is 0.724. The van der Waals surface area contributed by atoms with Crippen LogP contribution in [0.5, 0.6) is 5.75 Å². The second-order valence-electron chi connectivity index (χ2n) is 5.30. The Kier molecular flexibility index (Phi) is 3.68. The van der Waals surface area contributed by atoms with Gasteiger partial charge in [-0.05, 0) is 46.1 Å². The van der Waals surface area contributed by atoms with Crippen molar-refractivity contribution in [2.75, 3.05) is 6.61 Å². The van der Waals surface area contributed by atoms with E-state index in [9.17, 15) is 9.90 Å². The van der Waals surface area contributed by atoms with Gasteiger partial charge in [0.1, 0.15) is 17.8 Å². The zero-order valence-corrected chi connectivity index (χ0v) is 12.8. The second-order valence-corrected chi connectivity index (χ2v) is 6.22. The van der Waals surface area contributed by atoms with Gasteiger partial charge < -0.3 is 9.84 Å². The van der Waals surface area contributed by atoms with Crippen molar-refractivity contribution in [2.45, 2.75) is 12.8 Å². The molecule has 1 N–H and O–H groups in total. The van der Waals surface area contributed by atoms with Crippen LogP contribution in [0.2, 0.25) is 0 Å². The highest BCUT2D eigenvalue weighted by atomic mass is 79.9. The fourth-order valence-electron chi connectivity index (χ4n) is 2.61. The first-order valence-corrected chi connectivity index (χ1v) is 7.43. The first kappa shape index (κ1) is 14.1. The van der Waals surface area contributed by atoms with Crippen LogP contribution in [0.25, 0.3) is 0 Å². The van der Waals surface area contributed by atoms with Crippen molar-refractivity contribution in [3.05, 3.63) is 58.3 Å². The summed E-state index contributed by atoms with van der Waals surface area (Å²) in [6.07, 6.45) is 2.49. The number of benzene rings is 1. The Bertz CT molecular complexity index is 671. The highest BCUT2D eigenvalue weighted by Crippen LogP contribution is 2.37. The van der Waals surface area contributed by atoms with E-state index in [4.69, 9.17) is 4.74 Å². The van der Waals surface area contributed by atoms with Crippen LogP contribution in [-0.2, 0) is 17.6 Å². The minimum Gasteiger partial charge on any atom is -0.492 e. The summed E-state index contributed by atoms with van der Waals surface area (Å²) >= 11 is 3.33. The number of nitrogens with zero attached hydrogens (tertiary/aromatic N) is 1. The van der Waals surface area contributed by atoms with Gasteiger partial charge in [-0.15, -0.1) is 0 Å². The Morgan fingerprint density at radius 3 is 2.86 bits per heavy atom. The average Bonchev–Trinajstić information content (AvgIpc) is 2.49. The average molecular weight is 348 g/mol. The van der Waals surface area contributed by atoms with Crippen LogP contribution in [0.1, 0.15) is 11.3 Å². The normalized spacial score (nSPS) is 20.4. The first-order chi connectivity index (χ1) is 10.1. The number of hydrogen-bond acceptors (Lipinski definition) is 3. The van der Waals surface area contributed by atoms with E-state index in [0.717, 1.165) is 21.5 Å². The summed E-state index contributed by atoms with van der Waals surface area (Å²) in [5, 5.41) is 9.71. The molecule has 1 atom stereocenters. The van der Waals surface area contributed by atoms with E-state index in [2.05, 4.69) is 20.9 Å².